The number of halogens is 1. The van der Waals surface area contributed by atoms with Crippen LogP contribution >= 0.6 is 0 Å². The van der Waals surface area contributed by atoms with Gasteiger partial charge < -0.3 is 24.7 Å². The van der Waals surface area contributed by atoms with Crippen molar-refractivity contribution in [1.29, 1.82) is 0 Å². The van der Waals surface area contributed by atoms with E-state index in [1.165, 1.54) is 0 Å². The van der Waals surface area contributed by atoms with E-state index in [0.717, 1.165) is 76.9 Å². The third-order valence-corrected chi connectivity index (χ3v) is 7.15. The number of H-pyrrole nitrogens is 1. The molecule has 0 unspecified atom stereocenters. The van der Waals surface area contributed by atoms with Gasteiger partial charge in [-0.2, -0.15) is 0 Å². The van der Waals surface area contributed by atoms with Crippen LogP contribution in [0.2, 0.25) is 0 Å². The molecule has 5 aromatic rings. The van der Waals surface area contributed by atoms with E-state index in [1.54, 1.807) is 12.3 Å². The number of aromatic nitrogens is 5. The summed E-state index contributed by atoms with van der Waals surface area (Å²) >= 11 is 0. The standard InChI is InChI=1S/C28H31FN8/c1-17(2)37-18(3)33-27-24(29)11-19(12-25(27)37)23-16-32-28-22(23)13-21(15-31-28)34-20-5-6-30-26(14-20)36-9-7-35(4)8-10-36/h5-6,11-17H,7-10H2,1-4H3,(H,30,34)(H,31,32). The zero-order valence-corrected chi connectivity index (χ0v) is 21.6. The van der Waals surface area contributed by atoms with Crippen LogP contribution < -0.4 is 10.2 Å². The smallest absolute Gasteiger partial charge is 0.151 e. The van der Waals surface area contributed by atoms with Crippen LogP contribution in [0.1, 0.15) is 25.7 Å². The first kappa shape index (κ1) is 23.4. The maximum absolute atomic E-state index is 15.1. The van der Waals surface area contributed by atoms with Crippen molar-refractivity contribution in [2.24, 2.45) is 0 Å². The first-order chi connectivity index (χ1) is 17.9. The van der Waals surface area contributed by atoms with Crippen molar-refractivity contribution in [3.05, 3.63) is 60.6 Å². The number of hydrogen-bond acceptors (Lipinski definition) is 6. The molecular formula is C28H31FN8. The summed E-state index contributed by atoms with van der Waals surface area (Å²) in [6.07, 6.45) is 5.53. The molecule has 0 radical (unpaired) electrons. The average molecular weight is 499 g/mol. The summed E-state index contributed by atoms with van der Waals surface area (Å²) in [5.74, 6) is 1.46. The molecule has 9 heteroatoms. The normalized spacial score (nSPS) is 14.8. The van der Waals surface area contributed by atoms with Gasteiger partial charge in [-0.3, -0.25) is 0 Å². The number of pyridine rings is 2. The summed E-state index contributed by atoms with van der Waals surface area (Å²) < 4.78 is 17.2. The number of nitrogens with zero attached hydrogens (tertiary/aromatic N) is 6. The van der Waals surface area contributed by atoms with E-state index in [2.05, 4.69) is 72.6 Å². The van der Waals surface area contributed by atoms with E-state index >= 15 is 4.39 Å². The van der Waals surface area contributed by atoms with Gasteiger partial charge >= 0.3 is 0 Å². The Kier molecular flexibility index (Phi) is 5.79. The van der Waals surface area contributed by atoms with Crippen molar-refractivity contribution in [3.8, 4) is 11.1 Å². The summed E-state index contributed by atoms with van der Waals surface area (Å²) in [6.45, 7) is 10.1. The number of imidazole rings is 1. The number of benzene rings is 1. The fraction of sp³-hybridized carbons (Fsp3) is 0.321. The van der Waals surface area contributed by atoms with Gasteiger partial charge in [0.15, 0.2) is 5.82 Å². The summed E-state index contributed by atoms with van der Waals surface area (Å²) in [6, 6.07) is 9.85. The van der Waals surface area contributed by atoms with Gasteiger partial charge in [0.05, 0.1) is 17.4 Å². The van der Waals surface area contributed by atoms with Gasteiger partial charge in [0.1, 0.15) is 22.8 Å². The van der Waals surface area contributed by atoms with E-state index in [1.807, 2.05) is 31.5 Å². The van der Waals surface area contributed by atoms with Crippen molar-refractivity contribution in [1.82, 2.24) is 29.4 Å². The van der Waals surface area contributed by atoms with Crippen molar-refractivity contribution >= 4 is 39.3 Å². The molecule has 5 heterocycles. The van der Waals surface area contributed by atoms with Crippen molar-refractivity contribution in [2.75, 3.05) is 43.4 Å². The molecule has 8 nitrogen and oxygen atoms in total. The average Bonchev–Trinajstić information content (AvgIpc) is 3.45. The number of anilines is 3. The Morgan fingerprint density at radius 2 is 1.84 bits per heavy atom. The van der Waals surface area contributed by atoms with Crippen LogP contribution in [-0.4, -0.2) is 62.6 Å². The molecule has 1 aliphatic rings. The van der Waals surface area contributed by atoms with Crippen molar-refractivity contribution < 1.29 is 4.39 Å². The highest BCUT2D eigenvalue weighted by Crippen LogP contribution is 2.34. The van der Waals surface area contributed by atoms with Crippen molar-refractivity contribution in [2.45, 2.75) is 26.8 Å². The van der Waals surface area contributed by atoms with E-state index < -0.39 is 0 Å². The predicted molar refractivity (Wildman–Crippen MR) is 147 cm³/mol. The maximum Gasteiger partial charge on any atom is 0.151 e. The van der Waals surface area contributed by atoms with Crippen LogP contribution in [0.25, 0.3) is 33.2 Å². The van der Waals surface area contributed by atoms with Crippen LogP contribution in [0.4, 0.5) is 21.6 Å². The number of aryl methyl sites for hydroxylation is 1. The Morgan fingerprint density at radius 3 is 2.62 bits per heavy atom. The number of piperazine rings is 1. The summed E-state index contributed by atoms with van der Waals surface area (Å²) in [5, 5.41) is 4.40. The second-order valence-electron chi connectivity index (χ2n) is 10.1. The number of likely N-dealkylation sites (N-methyl/N-ethyl adjacent to an activating group) is 1. The monoisotopic (exact) mass is 498 g/mol. The fourth-order valence-corrected chi connectivity index (χ4v) is 5.26. The second-order valence-corrected chi connectivity index (χ2v) is 10.1. The van der Waals surface area contributed by atoms with Gasteiger partial charge in [-0.05, 0) is 57.6 Å². The van der Waals surface area contributed by atoms with Gasteiger partial charge in [0.2, 0.25) is 0 Å². The Morgan fingerprint density at radius 1 is 1.03 bits per heavy atom. The summed E-state index contributed by atoms with van der Waals surface area (Å²) in [4.78, 5) is 21.6. The molecule has 6 rings (SSSR count). The third-order valence-electron chi connectivity index (χ3n) is 7.15. The van der Waals surface area contributed by atoms with Crippen molar-refractivity contribution in [3.63, 3.8) is 0 Å². The summed E-state index contributed by atoms with van der Waals surface area (Å²) in [7, 11) is 2.15. The van der Waals surface area contributed by atoms with E-state index in [0.29, 0.717) is 5.52 Å². The molecule has 0 saturated carbocycles. The SMILES string of the molecule is Cc1nc2c(F)cc(-c3c[nH]c4ncc(Nc5ccnc(N6CCN(C)CC6)c5)cc34)cc2n1C(C)C. The Labute approximate surface area is 215 Å². The number of nitrogens with one attached hydrogen (secondary N) is 2. The Hall–Kier alpha value is -3.98. The minimum Gasteiger partial charge on any atom is -0.354 e. The zero-order valence-electron chi connectivity index (χ0n) is 21.6. The Balaban J connectivity index is 1.34. The lowest BCUT2D eigenvalue weighted by molar-refractivity contribution is 0.312. The van der Waals surface area contributed by atoms with Crippen LogP contribution in [0.15, 0.2) is 48.9 Å². The molecule has 0 atom stereocenters. The lowest BCUT2D eigenvalue weighted by Gasteiger charge is -2.33. The fourth-order valence-electron chi connectivity index (χ4n) is 5.26. The molecule has 1 aliphatic heterocycles. The van der Waals surface area contributed by atoms with Crippen LogP contribution in [0.5, 0.6) is 0 Å². The summed E-state index contributed by atoms with van der Waals surface area (Å²) in [5.41, 5.74) is 5.45. The second kappa shape index (κ2) is 9.15. The zero-order chi connectivity index (χ0) is 25.7. The molecule has 0 aliphatic carbocycles. The highest BCUT2D eigenvalue weighted by atomic mass is 19.1. The largest absolute Gasteiger partial charge is 0.354 e. The van der Waals surface area contributed by atoms with Crippen LogP contribution in [-0.2, 0) is 0 Å². The van der Waals surface area contributed by atoms with Gasteiger partial charge in [-0.15, -0.1) is 0 Å². The quantitative estimate of drug-likeness (QED) is 0.333. The first-order valence-corrected chi connectivity index (χ1v) is 12.7. The minimum atomic E-state index is -0.320. The molecule has 0 amide bonds. The van der Waals surface area contributed by atoms with E-state index in [-0.39, 0.29) is 11.9 Å². The molecule has 0 bridgehead atoms. The van der Waals surface area contributed by atoms with E-state index in [9.17, 15) is 0 Å². The molecular weight excluding hydrogens is 467 g/mol. The molecule has 1 fully saturated rings. The van der Waals surface area contributed by atoms with Gasteiger partial charge in [-0.25, -0.2) is 19.3 Å². The molecule has 4 aromatic heterocycles. The number of fused-ring (bicyclic) bond motifs is 2. The molecule has 0 spiro atoms. The Bertz CT molecular complexity index is 1590. The molecule has 1 aromatic carbocycles. The number of rotatable bonds is 5. The first-order valence-electron chi connectivity index (χ1n) is 12.7. The number of aromatic amines is 1. The molecule has 190 valence electrons. The van der Waals surface area contributed by atoms with Crippen LogP contribution in [0, 0.1) is 12.7 Å². The molecule has 37 heavy (non-hydrogen) atoms. The molecule has 2 N–H and O–H groups in total. The minimum absolute atomic E-state index is 0.177. The lowest BCUT2D eigenvalue weighted by Crippen LogP contribution is -2.44. The topological polar surface area (TPSA) is 77.9 Å². The third kappa shape index (κ3) is 4.29. The van der Waals surface area contributed by atoms with E-state index in [4.69, 9.17) is 0 Å². The van der Waals surface area contributed by atoms with Gasteiger partial charge in [-0.1, -0.05) is 0 Å². The lowest BCUT2D eigenvalue weighted by atomic mass is 10.0. The maximum atomic E-state index is 15.1. The predicted octanol–water partition coefficient (Wildman–Crippen LogP) is 5.50. The highest BCUT2D eigenvalue weighted by molar-refractivity contribution is 5.97. The number of hydrogen-bond donors (Lipinski definition) is 2. The van der Waals surface area contributed by atoms with Gasteiger partial charge in [0.25, 0.3) is 0 Å². The van der Waals surface area contributed by atoms with Crippen LogP contribution in [0.3, 0.4) is 0 Å². The molecule has 1 saturated heterocycles. The van der Waals surface area contributed by atoms with Gasteiger partial charge in [0, 0.05) is 67.3 Å². The highest BCUT2D eigenvalue weighted by Gasteiger charge is 2.18.